The number of hydrogen-bond acceptors (Lipinski definition) is 4. The van der Waals surface area contributed by atoms with Crippen LogP contribution in [0.5, 0.6) is 0 Å². The molecule has 0 unspecified atom stereocenters. The SMILES string of the molecule is CC(C)(C)c1ccc(C(=O)NCc2ccc(-c3ncnc4[nH]ccc34)cn2)cc1. The maximum absolute atomic E-state index is 12.4. The van der Waals surface area contributed by atoms with Gasteiger partial charge in [-0.1, -0.05) is 32.9 Å². The van der Waals surface area contributed by atoms with Crippen LogP contribution in [0, 0.1) is 0 Å². The number of carbonyl (C=O) groups excluding carboxylic acids is 1. The highest BCUT2D eigenvalue weighted by Gasteiger charge is 2.14. The number of aromatic amines is 1. The van der Waals surface area contributed by atoms with Crippen LogP contribution in [0.2, 0.25) is 0 Å². The van der Waals surface area contributed by atoms with Crippen LogP contribution in [0.3, 0.4) is 0 Å². The van der Waals surface area contributed by atoms with Crippen molar-refractivity contribution in [3.63, 3.8) is 0 Å². The number of fused-ring (bicyclic) bond motifs is 1. The van der Waals surface area contributed by atoms with Gasteiger partial charge in [0.25, 0.3) is 5.91 Å². The average molecular weight is 385 g/mol. The Hall–Kier alpha value is -3.54. The Kier molecular flexibility index (Phi) is 4.84. The zero-order valence-corrected chi connectivity index (χ0v) is 16.7. The minimum absolute atomic E-state index is 0.0658. The molecular weight excluding hydrogens is 362 g/mol. The molecule has 0 radical (unpaired) electrons. The van der Waals surface area contributed by atoms with Crippen molar-refractivity contribution in [3.05, 3.63) is 78.0 Å². The molecular formula is C23H23N5O. The summed E-state index contributed by atoms with van der Waals surface area (Å²) < 4.78 is 0. The summed E-state index contributed by atoms with van der Waals surface area (Å²) in [5.41, 5.74) is 5.23. The molecule has 0 fully saturated rings. The first kappa shape index (κ1) is 18.8. The number of H-pyrrole nitrogens is 1. The van der Waals surface area contributed by atoms with Gasteiger partial charge in [0.05, 0.1) is 17.9 Å². The molecule has 4 aromatic rings. The van der Waals surface area contributed by atoms with Gasteiger partial charge in [-0.25, -0.2) is 9.97 Å². The van der Waals surface area contributed by atoms with Gasteiger partial charge in [0.2, 0.25) is 0 Å². The van der Waals surface area contributed by atoms with Crippen LogP contribution in [0.15, 0.2) is 61.2 Å². The molecule has 3 aromatic heterocycles. The Morgan fingerprint density at radius 1 is 1.00 bits per heavy atom. The van der Waals surface area contributed by atoms with Gasteiger partial charge in [0.15, 0.2) is 0 Å². The fourth-order valence-corrected chi connectivity index (χ4v) is 3.17. The second-order valence-corrected chi connectivity index (χ2v) is 8.01. The summed E-state index contributed by atoms with van der Waals surface area (Å²) in [7, 11) is 0. The number of hydrogen-bond donors (Lipinski definition) is 2. The molecule has 146 valence electrons. The van der Waals surface area contributed by atoms with E-state index in [4.69, 9.17) is 0 Å². The zero-order valence-electron chi connectivity index (χ0n) is 16.7. The molecule has 0 spiro atoms. The highest BCUT2D eigenvalue weighted by molar-refractivity contribution is 5.94. The molecule has 2 N–H and O–H groups in total. The Bertz CT molecular complexity index is 1140. The van der Waals surface area contributed by atoms with Crippen LogP contribution >= 0.6 is 0 Å². The third-order valence-corrected chi connectivity index (χ3v) is 4.90. The molecule has 4 rings (SSSR count). The topological polar surface area (TPSA) is 83.6 Å². The van der Waals surface area contributed by atoms with E-state index in [9.17, 15) is 4.79 Å². The van der Waals surface area contributed by atoms with Gasteiger partial charge < -0.3 is 10.3 Å². The number of aromatic nitrogens is 4. The van der Waals surface area contributed by atoms with Crippen LogP contribution in [0.25, 0.3) is 22.3 Å². The van der Waals surface area contributed by atoms with Crippen LogP contribution in [0.1, 0.15) is 42.4 Å². The monoisotopic (exact) mass is 385 g/mol. The molecule has 6 heteroatoms. The summed E-state index contributed by atoms with van der Waals surface area (Å²) in [6.07, 6.45) is 5.15. The summed E-state index contributed by atoms with van der Waals surface area (Å²) in [5.74, 6) is -0.110. The smallest absolute Gasteiger partial charge is 0.251 e. The lowest BCUT2D eigenvalue weighted by atomic mass is 9.87. The normalized spacial score (nSPS) is 11.6. The first-order valence-electron chi connectivity index (χ1n) is 9.54. The standard InChI is InChI=1S/C23H23N5O/c1-23(2,3)17-7-4-15(5-8-17)22(29)26-13-18-9-6-16(12-25-18)20-19-10-11-24-21(19)28-14-27-20/h4-12,14H,13H2,1-3H3,(H,26,29)(H,24,27,28). The highest BCUT2D eigenvalue weighted by atomic mass is 16.1. The maximum atomic E-state index is 12.4. The Labute approximate surface area is 169 Å². The minimum Gasteiger partial charge on any atom is -0.346 e. The number of nitrogens with one attached hydrogen (secondary N) is 2. The Morgan fingerprint density at radius 2 is 1.79 bits per heavy atom. The van der Waals surface area contributed by atoms with Crippen molar-refractivity contribution in [2.24, 2.45) is 0 Å². The molecule has 1 aromatic carbocycles. The number of amides is 1. The molecule has 1 amide bonds. The summed E-state index contributed by atoms with van der Waals surface area (Å²) in [6.45, 7) is 6.82. The molecule has 0 bridgehead atoms. The Morgan fingerprint density at radius 3 is 2.48 bits per heavy atom. The predicted molar refractivity (Wildman–Crippen MR) is 113 cm³/mol. The van der Waals surface area contributed by atoms with Crippen LogP contribution in [0.4, 0.5) is 0 Å². The Balaban J connectivity index is 1.43. The van der Waals surface area contributed by atoms with Crippen molar-refractivity contribution in [3.8, 4) is 11.3 Å². The minimum atomic E-state index is -0.110. The molecule has 29 heavy (non-hydrogen) atoms. The third kappa shape index (κ3) is 4.01. The molecule has 6 nitrogen and oxygen atoms in total. The second-order valence-electron chi connectivity index (χ2n) is 8.01. The summed E-state index contributed by atoms with van der Waals surface area (Å²) >= 11 is 0. The van der Waals surface area contributed by atoms with Crippen molar-refractivity contribution >= 4 is 16.9 Å². The predicted octanol–water partition coefficient (Wildman–Crippen LogP) is 4.25. The van der Waals surface area contributed by atoms with Crippen LogP contribution < -0.4 is 5.32 Å². The molecule has 0 aliphatic heterocycles. The lowest BCUT2D eigenvalue weighted by Gasteiger charge is -2.19. The van der Waals surface area contributed by atoms with E-state index in [-0.39, 0.29) is 11.3 Å². The number of carbonyl (C=O) groups is 1. The van der Waals surface area contributed by atoms with Gasteiger partial charge in [-0.3, -0.25) is 9.78 Å². The van der Waals surface area contributed by atoms with Gasteiger partial charge in [-0.15, -0.1) is 0 Å². The van der Waals surface area contributed by atoms with Gasteiger partial charge in [-0.05, 0) is 41.3 Å². The van der Waals surface area contributed by atoms with Gasteiger partial charge in [0, 0.05) is 28.9 Å². The average Bonchev–Trinajstić information content (AvgIpc) is 3.21. The van der Waals surface area contributed by atoms with Gasteiger partial charge in [-0.2, -0.15) is 0 Å². The van der Waals surface area contributed by atoms with Crippen LogP contribution in [-0.2, 0) is 12.0 Å². The number of nitrogens with zero attached hydrogens (tertiary/aromatic N) is 3. The van der Waals surface area contributed by atoms with E-state index in [0.29, 0.717) is 12.1 Å². The van der Waals surface area contributed by atoms with E-state index < -0.39 is 0 Å². The fraction of sp³-hybridized carbons (Fsp3) is 0.217. The first-order valence-corrected chi connectivity index (χ1v) is 9.54. The van der Waals surface area contributed by atoms with Crippen molar-refractivity contribution in [1.82, 2.24) is 25.3 Å². The lowest BCUT2D eigenvalue weighted by Crippen LogP contribution is -2.23. The van der Waals surface area contributed by atoms with Crippen molar-refractivity contribution in [1.29, 1.82) is 0 Å². The zero-order chi connectivity index (χ0) is 20.4. The molecule has 0 aliphatic rings. The molecule has 0 atom stereocenters. The first-order chi connectivity index (χ1) is 13.9. The van der Waals surface area contributed by atoms with E-state index >= 15 is 0 Å². The molecule has 0 saturated carbocycles. The lowest BCUT2D eigenvalue weighted by molar-refractivity contribution is 0.0950. The van der Waals surface area contributed by atoms with E-state index in [2.05, 4.69) is 46.0 Å². The largest absolute Gasteiger partial charge is 0.346 e. The third-order valence-electron chi connectivity index (χ3n) is 4.90. The number of rotatable bonds is 4. The number of benzene rings is 1. The van der Waals surface area contributed by atoms with Crippen LogP contribution in [-0.4, -0.2) is 25.8 Å². The van der Waals surface area contributed by atoms with E-state index in [0.717, 1.165) is 28.0 Å². The van der Waals surface area contributed by atoms with E-state index in [1.165, 1.54) is 11.9 Å². The van der Waals surface area contributed by atoms with Crippen molar-refractivity contribution in [2.75, 3.05) is 0 Å². The quantitative estimate of drug-likeness (QED) is 0.550. The van der Waals surface area contributed by atoms with Crippen molar-refractivity contribution in [2.45, 2.75) is 32.7 Å². The highest BCUT2D eigenvalue weighted by Crippen LogP contribution is 2.24. The summed E-state index contributed by atoms with van der Waals surface area (Å²) in [4.78, 5) is 28.6. The van der Waals surface area contributed by atoms with Crippen molar-refractivity contribution < 1.29 is 4.79 Å². The summed E-state index contributed by atoms with van der Waals surface area (Å²) in [5, 5.41) is 3.88. The number of pyridine rings is 1. The molecule has 0 aliphatic carbocycles. The molecule has 3 heterocycles. The fourth-order valence-electron chi connectivity index (χ4n) is 3.17. The summed E-state index contributed by atoms with van der Waals surface area (Å²) in [6, 6.07) is 13.5. The van der Waals surface area contributed by atoms with E-state index in [1.807, 2.05) is 48.7 Å². The van der Waals surface area contributed by atoms with Gasteiger partial charge >= 0.3 is 0 Å². The molecule has 0 saturated heterocycles. The second kappa shape index (κ2) is 7.47. The maximum Gasteiger partial charge on any atom is 0.251 e. The van der Waals surface area contributed by atoms with Gasteiger partial charge in [0.1, 0.15) is 12.0 Å². The van der Waals surface area contributed by atoms with E-state index in [1.54, 1.807) is 6.20 Å².